The number of rotatable bonds is 1. The van der Waals surface area contributed by atoms with E-state index in [9.17, 15) is 14.7 Å². The van der Waals surface area contributed by atoms with E-state index in [4.69, 9.17) is 0 Å². The summed E-state index contributed by atoms with van der Waals surface area (Å²) in [7, 11) is 0. The molecule has 1 N–H and O–H groups in total. The number of hydrogen-bond acceptors (Lipinski definition) is 2. The lowest BCUT2D eigenvalue weighted by atomic mass is 9.61. The lowest BCUT2D eigenvalue weighted by molar-refractivity contribution is -0.150. The second-order valence-electron chi connectivity index (χ2n) is 7.96. The minimum Gasteiger partial charge on any atom is -0.481 e. The van der Waals surface area contributed by atoms with Gasteiger partial charge in [-0.25, -0.2) is 0 Å². The lowest BCUT2D eigenvalue weighted by Gasteiger charge is -2.42. The SMILES string of the molecule is O=C(O)C1CCC2CCC3=C(CCc4c3ccc3ccccc43)C2C1=O. The van der Waals surface area contributed by atoms with Gasteiger partial charge in [0.25, 0.3) is 0 Å². The molecule has 3 aliphatic carbocycles. The molecule has 0 heterocycles. The molecule has 1 fully saturated rings. The first kappa shape index (κ1) is 15.8. The Morgan fingerprint density at radius 2 is 1.81 bits per heavy atom. The number of aliphatic carboxylic acids is 1. The predicted octanol–water partition coefficient (Wildman–Crippen LogP) is 4.63. The topological polar surface area (TPSA) is 54.4 Å². The van der Waals surface area contributed by atoms with Crippen molar-refractivity contribution in [3.05, 3.63) is 53.1 Å². The summed E-state index contributed by atoms with van der Waals surface area (Å²) in [5.41, 5.74) is 5.28. The van der Waals surface area contributed by atoms with Crippen LogP contribution in [0.1, 0.15) is 43.2 Å². The maximum absolute atomic E-state index is 13.0. The molecule has 0 spiro atoms. The molecule has 0 saturated heterocycles. The molecule has 3 aliphatic rings. The van der Waals surface area contributed by atoms with Gasteiger partial charge in [0.2, 0.25) is 0 Å². The highest BCUT2D eigenvalue weighted by Crippen LogP contribution is 2.50. The summed E-state index contributed by atoms with van der Waals surface area (Å²) >= 11 is 0. The van der Waals surface area contributed by atoms with Gasteiger partial charge in [0.05, 0.1) is 0 Å². The molecule has 0 aliphatic heterocycles. The number of benzene rings is 2. The highest BCUT2D eigenvalue weighted by molar-refractivity contribution is 6.03. The van der Waals surface area contributed by atoms with Crippen molar-refractivity contribution in [1.82, 2.24) is 0 Å². The largest absolute Gasteiger partial charge is 0.481 e. The van der Waals surface area contributed by atoms with Crippen LogP contribution in [0.4, 0.5) is 0 Å². The molecule has 0 amide bonds. The van der Waals surface area contributed by atoms with Gasteiger partial charge >= 0.3 is 5.97 Å². The van der Waals surface area contributed by atoms with Crippen LogP contribution in [-0.2, 0) is 16.0 Å². The minimum atomic E-state index is -0.941. The Bertz CT molecular complexity index is 969. The summed E-state index contributed by atoms with van der Waals surface area (Å²) in [6.45, 7) is 0. The van der Waals surface area contributed by atoms with E-state index >= 15 is 0 Å². The lowest BCUT2D eigenvalue weighted by Crippen LogP contribution is -2.42. The average Bonchev–Trinajstić information content (AvgIpc) is 2.66. The summed E-state index contributed by atoms with van der Waals surface area (Å²) in [6.07, 6.45) is 5.26. The van der Waals surface area contributed by atoms with Gasteiger partial charge in [-0.05, 0) is 71.9 Å². The van der Waals surface area contributed by atoms with Crippen LogP contribution >= 0.6 is 0 Å². The van der Waals surface area contributed by atoms with Crippen molar-refractivity contribution in [3.63, 3.8) is 0 Å². The van der Waals surface area contributed by atoms with Crippen LogP contribution in [0, 0.1) is 17.8 Å². The first-order valence-corrected chi connectivity index (χ1v) is 9.64. The molecule has 0 bridgehead atoms. The first-order valence-electron chi connectivity index (χ1n) is 9.64. The van der Waals surface area contributed by atoms with Gasteiger partial charge in [0.15, 0.2) is 5.78 Å². The molecule has 3 atom stereocenters. The number of carboxylic acids is 1. The minimum absolute atomic E-state index is 0.0369. The van der Waals surface area contributed by atoms with E-state index in [2.05, 4.69) is 36.4 Å². The Balaban J connectivity index is 1.64. The monoisotopic (exact) mass is 346 g/mol. The molecule has 0 radical (unpaired) electrons. The molecule has 2 aromatic rings. The van der Waals surface area contributed by atoms with Crippen LogP contribution < -0.4 is 0 Å². The zero-order valence-corrected chi connectivity index (χ0v) is 14.7. The summed E-state index contributed by atoms with van der Waals surface area (Å²) in [5.74, 6) is -1.60. The second-order valence-corrected chi connectivity index (χ2v) is 7.96. The Morgan fingerprint density at radius 1 is 0.962 bits per heavy atom. The number of hydrogen-bond donors (Lipinski definition) is 1. The summed E-state index contributed by atoms with van der Waals surface area (Å²) < 4.78 is 0. The Hall–Kier alpha value is -2.42. The zero-order chi connectivity index (χ0) is 17.8. The van der Waals surface area contributed by atoms with E-state index in [0.29, 0.717) is 12.3 Å². The molecular formula is C23H22O3. The fraction of sp³-hybridized carbons (Fsp3) is 0.391. The third kappa shape index (κ3) is 2.19. The van der Waals surface area contributed by atoms with Crippen molar-refractivity contribution in [3.8, 4) is 0 Å². The van der Waals surface area contributed by atoms with Gasteiger partial charge in [-0.15, -0.1) is 0 Å². The fourth-order valence-electron chi connectivity index (χ4n) is 5.59. The maximum Gasteiger partial charge on any atom is 0.314 e. The Labute approximate surface area is 152 Å². The highest BCUT2D eigenvalue weighted by atomic mass is 16.4. The number of Topliss-reactive ketones (excluding diaryl/α,β-unsaturated/α-hetero) is 1. The van der Waals surface area contributed by atoms with Crippen molar-refractivity contribution < 1.29 is 14.7 Å². The first-order chi connectivity index (χ1) is 12.6. The van der Waals surface area contributed by atoms with Crippen LogP contribution in [0.5, 0.6) is 0 Å². The quantitative estimate of drug-likeness (QED) is 0.766. The van der Waals surface area contributed by atoms with Crippen LogP contribution in [0.15, 0.2) is 42.0 Å². The summed E-state index contributed by atoms with van der Waals surface area (Å²) in [5, 5.41) is 12.0. The third-order valence-corrected chi connectivity index (χ3v) is 6.78. The van der Waals surface area contributed by atoms with Gasteiger partial charge in [-0.1, -0.05) is 42.0 Å². The highest BCUT2D eigenvalue weighted by Gasteiger charge is 2.46. The molecule has 3 unspecified atom stereocenters. The zero-order valence-electron chi connectivity index (χ0n) is 14.7. The molecule has 1 saturated carbocycles. The number of fused-ring (bicyclic) bond motifs is 6. The Kier molecular flexibility index (Phi) is 3.53. The number of carbonyl (C=O) groups is 2. The molecular weight excluding hydrogens is 324 g/mol. The van der Waals surface area contributed by atoms with Crippen molar-refractivity contribution in [2.75, 3.05) is 0 Å². The molecule has 0 aromatic heterocycles. The standard InChI is InChI=1S/C23H22O3/c24-22-20(23(25)26)10-7-14-6-9-18-17-8-5-13-3-1-2-4-15(13)16(17)11-12-19(18)21(14)22/h1-5,8,14,20-21H,6-7,9-12H2,(H,25,26). The van der Waals surface area contributed by atoms with E-state index < -0.39 is 11.9 Å². The van der Waals surface area contributed by atoms with E-state index in [0.717, 1.165) is 32.1 Å². The normalized spacial score (nSPS) is 27.7. The molecule has 3 heteroatoms. The van der Waals surface area contributed by atoms with Gasteiger partial charge < -0.3 is 5.11 Å². The van der Waals surface area contributed by atoms with Crippen LogP contribution in [-0.4, -0.2) is 16.9 Å². The molecule has 2 aromatic carbocycles. The number of aryl methyl sites for hydroxylation is 1. The van der Waals surface area contributed by atoms with Crippen molar-refractivity contribution >= 4 is 28.1 Å². The number of allylic oxidation sites excluding steroid dienone is 2. The molecule has 5 rings (SSSR count). The summed E-state index contributed by atoms with van der Waals surface area (Å²) in [4.78, 5) is 24.5. The number of carbonyl (C=O) groups excluding carboxylic acids is 1. The molecule has 3 nitrogen and oxygen atoms in total. The van der Waals surface area contributed by atoms with E-state index in [1.54, 1.807) is 0 Å². The van der Waals surface area contributed by atoms with Gasteiger partial charge in [0, 0.05) is 5.92 Å². The van der Waals surface area contributed by atoms with E-state index in [1.165, 1.54) is 33.0 Å². The third-order valence-electron chi connectivity index (χ3n) is 6.78. The van der Waals surface area contributed by atoms with E-state index in [1.807, 2.05) is 0 Å². The smallest absolute Gasteiger partial charge is 0.314 e. The van der Waals surface area contributed by atoms with Crippen LogP contribution in [0.3, 0.4) is 0 Å². The molecule has 132 valence electrons. The fourth-order valence-corrected chi connectivity index (χ4v) is 5.59. The van der Waals surface area contributed by atoms with E-state index in [-0.39, 0.29) is 11.7 Å². The summed E-state index contributed by atoms with van der Waals surface area (Å²) in [6, 6.07) is 12.9. The number of ketones is 1. The van der Waals surface area contributed by atoms with Gasteiger partial charge in [-0.2, -0.15) is 0 Å². The van der Waals surface area contributed by atoms with Crippen molar-refractivity contribution in [1.29, 1.82) is 0 Å². The maximum atomic E-state index is 13.0. The predicted molar refractivity (Wildman–Crippen MR) is 101 cm³/mol. The van der Waals surface area contributed by atoms with Gasteiger partial charge in [0.1, 0.15) is 5.92 Å². The second kappa shape index (κ2) is 5.80. The molecule has 26 heavy (non-hydrogen) atoms. The van der Waals surface area contributed by atoms with Gasteiger partial charge in [-0.3, -0.25) is 9.59 Å². The Morgan fingerprint density at radius 3 is 2.65 bits per heavy atom. The average molecular weight is 346 g/mol. The van der Waals surface area contributed by atoms with Crippen molar-refractivity contribution in [2.24, 2.45) is 17.8 Å². The van der Waals surface area contributed by atoms with Crippen molar-refractivity contribution in [2.45, 2.75) is 38.5 Å². The number of carboxylic acid groups (broad SMARTS) is 1. The van der Waals surface area contributed by atoms with Crippen LogP contribution in [0.25, 0.3) is 16.3 Å². The van der Waals surface area contributed by atoms with Crippen LogP contribution in [0.2, 0.25) is 0 Å².